The Morgan fingerprint density at radius 2 is 2.10 bits per heavy atom. The SMILES string of the molecule is CCN1CC(C)(C)Oc2nc(N3CCOC[C@@H]3C)nc(-c3ccc(N)c(F)c3)c2C1=O. The Morgan fingerprint density at radius 1 is 1.32 bits per heavy atom. The summed E-state index contributed by atoms with van der Waals surface area (Å²) < 4.78 is 26.1. The van der Waals surface area contributed by atoms with Crippen LogP contribution in [0.3, 0.4) is 0 Å². The summed E-state index contributed by atoms with van der Waals surface area (Å²) in [6.45, 7) is 10.4. The highest BCUT2D eigenvalue weighted by Crippen LogP contribution is 2.37. The fourth-order valence-corrected chi connectivity index (χ4v) is 3.97. The minimum absolute atomic E-state index is 0.0322. The average Bonchev–Trinajstić information content (AvgIpc) is 2.82. The van der Waals surface area contributed by atoms with Crippen LogP contribution in [-0.4, -0.2) is 65.3 Å². The van der Waals surface area contributed by atoms with Gasteiger partial charge in [0.1, 0.15) is 17.0 Å². The van der Waals surface area contributed by atoms with Gasteiger partial charge in [-0.05, 0) is 39.8 Å². The van der Waals surface area contributed by atoms with Gasteiger partial charge in [0.25, 0.3) is 5.91 Å². The third-order valence-corrected chi connectivity index (χ3v) is 5.59. The molecule has 31 heavy (non-hydrogen) atoms. The Morgan fingerprint density at radius 3 is 2.77 bits per heavy atom. The molecule has 166 valence electrons. The Bertz CT molecular complexity index is 1010. The summed E-state index contributed by atoms with van der Waals surface area (Å²) in [7, 11) is 0. The molecule has 1 amide bonds. The van der Waals surface area contributed by atoms with Crippen LogP contribution in [0.5, 0.6) is 5.88 Å². The van der Waals surface area contributed by atoms with E-state index in [0.29, 0.717) is 50.1 Å². The zero-order chi connectivity index (χ0) is 22.3. The number of nitrogens with zero attached hydrogens (tertiary/aromatic N) is 4. The normalized spacial score (nSPS) is 20.8. The van der Waals surface area contributed by atoms with Crippen LogP contribution in [0.4, 0.5) is 16.0 Å². The van der Waals surface area contributed by atoms with Crippen LogP contribution in [0, 0.1) is 5.82 Å². The van der Waals surface area contributed by atoms with E-state index in [1.54, 1.807) is 11.0 Å². The van der Waals surface area contributed by atoms with Crippen molar-refractivity contribution in [3.8, 4) is 17.1 Å². The molecule has 0 bridgehead atoms. The molecule has 1 aromatic carbocycles. The van der Waals surface area contributed by atoms with E-state index in [-0.39, 0.29) is 29.1 Å². The number of carbonyl (C=O) groups excluding carboxylic acids is 1. The van der Waals surface area contributed by atoms with Crippen LogP contribution in [-0.2, 0) is 4.74 Å². The molecular formula is C22H28FN5O3. The number of morpholine rings is 1. The van der Waals surface area contributed by atoms with Crippen molar-refractivity contribution in [3.05, 3.63) is 29.6 Å². The summed E-state index contributed by atoms with van der Waals surface area (Å²) in [6.07, 6.45) is 0. The highest BCUT2D eigenvalue weighted by molar-refractivity contribution is 6.02. The van der Waals surface area contributed by atoms with Gasteiger partial charge in [0.05, 0.1) is 37.2 Å². The fraction of sp³-hybridized carbons (Fsp3) is 0.500. The standard InChI is InChI=1S/C22H28FN5O3/c1-5-27-12-22(3,4)31-19-17(20(27)29)18(14-6-7-16(24)15(23)10-14)25-21(26-19)28-8-9-30-11-13(28)2/h6-7,10,13H,5,8-9,11-12,24H2,1-4H3/t13-/m0/s1. The van der Waals surface area contributed by atoms with Crippen molar-refractivity contribution in [2.75, 3.05) is 43.5 Å². The van der Waals surface area contributed by atoms with Crippen molar-refractivity contribution >= 4 is 17.5 Å². The summed E-state index contributed by atoms with van der Waals surface area (Å²) in [5.74, 6) is -0.171. The number of carbonyl (C=O) groups is 1. The number of halogens is 1. The van der Waals surface area contributed by atoms with Gasteiger partial charge >= 0.3 is 0 Å². The minimum Gasteiger partial charge on any atom is -0.469 e. The predicted octanol–water partition coefficient (Wildman–Crippen LogP) is 2.72. The smallest absolute Gasteiger partial charge is 0.261 e. The summed E-state index contributed by atoms with van der Waals surface area (Å²) in [5, 5.41) is 0. The maximum atomic E-state index is 14.3. The quantitative estimate of drug-likeness (QED) is 0.750. The third-order valence-electron chi connectivity index (χ3n) is 5.59. The van der Waals surface area contributed by atoms with Gasteiger partial charge in [-0.1, -0.05) is 6.07 Å². The van der Waals surface area contributed by atoms with Gasteiger partial charge in [-0.3, -0.25) is 4.79 Å². The van der Waals surface area contributed by atoms with Gasteiger partial charge in [-0.2, -0.15) is 4.98 Å². The van der Waals surface area contributed by atoms with Gasteiger partial charge < -0.3 is 25.0 Å². The molecule has 1 saturated heterocycles. The van der Waals surface area contributed by atoms with Crippen molar-refractivity contribution in [2.24, 2.45) is 0 Å². The first-order valence-electron chi connectivity index (χ1n) is 10.5. The molecule has 2 aliphatic heterocycles. The second-order valence-electron chi connectivity index (χ2n) is 8.59. The largest absolute Gasteiger partial charge is 0.469 e. The molecule has 9 heteroatoms. The Kier molecular flexibility index (Phi) is 5.47. The van der Waals surface area contributed by atoms with Crippen molar-refractivity contribution in [3.63, 3.8) is 0 Å². The van der Waals surface area contributed by atoms with E-state index in [1.807, 2.05) is 32.6 Å². The molecule has 1 fully saturated rings. The number of rotatable bonds is 3. The maximum Gasteiger partial charge on any atom is 0.261 e. The molecule has 3 heterocycles. The van der Waals surface area contributed by atoms with E-state index in [0.717, 1.165) is 0 Å². The third kappa shape index (κ3) is 4.01. The Labute approximate surface area is 181 Å². The van der Waals surface area contributed by atoms with Gasteiger partial charge in [0.15, 0.2) is 0 Å². The van der Waals surface area contributed by atoms with Crippen LogP contribution in [0.2, 0.25) is 0 Å². The van der Waals surface area contributed by atoms with E-state index in [4.69, 9.17) is 20.2 Å². The Hall–Kier alpha value is -2.94. The maximum absolute atomic E-state index is 14.3. The number of likely N-dealkylation sites (N-methyl/N-ethyl adjacent to an activating group) is 1. The van der Waals surface area contributed by atoms with Crippen LogP contribution in [0.15, 0.2) is 18.2 Å². The molecule has 1 atom stereocenters. The van der Waals surface area contributed by atoms with Gasteiger partial charge in [-0.25, -0.2) is 9.37 Å². The fourth-order valence-electron chi connectivity index (χ4n) is 3.97. The second-order valence-corrected chi connectivity index (χ2v) is 8.59. The van der Waals surface area contributed by atoms with Crippen LogP contribution in [0.25, 0.3) is 11.3 Å². The average molecular weight is 429 g/mol. The number of fused-ring (bicyclic) bond motifs is 1. The number of hydrogen-bond acceptors (Lipinski definition) is 7. The first-order valence-corrected chi connectivity index (χ1v) is 10.5. The number of nitrogen functional groups attached to an aromatic ring is 1. The summed E-state index contributed by atoms with van der Waals surface area (Å²) >= 11 is 0. The number of aromatic nitrogens is 2. The number of nitrogens with two attached hydrogens (primary N) is 1. The van der Waals surface area contributed by atoms with E-state index >= 15 is 0 Å². The zero-order valence-corrected chi connectivity index (χ0v) is 18.3. The molecular weight excluding hydrogens is 401 g/mol. The highest BCUT2D eigenvalue weighted by atomic mass is 19.1. The molecule has 0 saturated carbocycles. The van der Waals surface area contributed by atoms with Gasteiger partial charge in [-0.15, -0.1) is 0 Å². The zero-order valence-electron chi connectivity index (χ0n) is 18.3. The Balaban J connectivity index is 1.96. The number of ether oxygens (including phenoxy) is 2. The lowest BCUT2D eigenvalue weighted by Crippen LogP contribution is -2.44. The molecule has 0 unspecified atom stereocenters. The first kappa shape index (κ1) is 21.3. The minimum atomic E-state index is -0.650. The molecule has 0 radical (unpaired) electrons. The van der Waals surface area contributed by atoms with Crippen LogP contribution >= 0.6 is 0 Å². The molecule has 0 spiro atoms. The molecule has 1 aromatic heterocycles. The summed E-state index contributed by atoms with van der Waals surface area (Å²) in [5.41, 5.74) is 6.07. The van der Waals surface area contributed by atoms with Crippen LogP contribution in [0.1, 0.15) is 38.1 Å². The highest BCUT2D eigenvalue weighted by Gasteiger charge is 2.38. The topological polar surface area (TPSA) is 93.8 Å². The molecule has 4 rings (SSSR count). The molecule has 2 aromatic rings. The van der Waals surface area contributed by atoms with Crippen LogP contribution < -0.4 is 15.4 Å². The monoisotopic (exact) mass is 429 g/mol. The number of amides is 1. The van der Waals surface area contributed by atoms with Gasteiger partial charge in [0, 0.05) is 18.7 Å². The van der Waals surface area contributed by atoms with Crippen molar-refractivity contribution in [1.82, 2.24) is 14.9 Å². The first-order chi connectivity index (χ1) is 14.7. The lowest BCUT2D eigenvalue weighted by Gasteiger charge is -2.34. The van der Waals surface area contributed by atoms with E-state index < -0.39 is 11.4 Å². The predicted molar refractivity (Wildman–Crippen MR) is 116 cm³/mol. The molecule has 0 aliphatic carbocycles. The number of benzene rings is 1. The van der Waals surface area contributed by atoms with E-state index in [2.05, 4.69) is 4.98 Å². The second kappa shape index (κ2) is 7.96. The van der Waals surface area contributed by atoms with E-state index in [1.165, 1.54) is 12.1 Å². The summed E-state index contributed by atoms with van der Waals surface area (Å²) in [6, 6.07) is 4.47. The number of hydrogen-bond donors (Lipinski definition) is 1. The molecule has 2 aliphatic rings. The van der Waals surface area contributed by atoms with Crippen molar-refractivity contribution < 1.29 is 18.7 Å². The molecule has 2 N–H and O–H groups in total. The van der Waals surface area contributed by atoms with Crippen molar-refractivity contribution in [1.29, 1.82) is 0 Å². The number of anilines is 2. The van der Waals surface area contributed by atoms with Crippen molar-refractivity contribution in [2.45, 2.75) is 39.3 Å². The molecule has 8 nitrogen and oxygen atoms in total. The van der Waals surface area contributed by atoms with Gasteiger partial charge in [0.2, 0.25) is 11.8 Å². The lowest BCUT2D eigenvalue weighted by atomic mass is 10.0. The summed E-state index contributed by atoms with van der Waals surface area (Å²) in [4.78, 5) is 26.6. The lowest BCUT2D eigenvalue weighted by molar-refractivity contribution is 0.0541. The van der Waals surface area contributed by atoms with E-state index in [9.17, 15) is 9.18 Å².